The topological polar surface area (TPSA) is 73.4 Å². The Balaban J connectivity index is 1.67. The van der Waals surface area contributed by atoms with E-state index in [0.29, 0.717) is 23.3 Å². The van der Waals surface area contributed by atoms with Crippen LogP contribution in [0.4, 0.5) is 0 Å². The van der Waals surface area contributed by atoms with Gasteiger partial charge in [0.15, 0.2) is 0 Å². The van der Waals surface area contributed by atoms with E-state index in [9.17, 15) is 14.7 Å². The second kappa shape index (κ2) is 4.69. The standard InChI is InChI=1S/C17H22N2O3/c1-8(2)13-5-10(6-14(20)18-13)17(22)19-7-11-3-9-4-12(11)15(19)16(9)21/h5-6,8-9,11-12,15-16,21H,3-4,7H2,1-2H3,(H,18,20)/t9-,11-,12+,15-,16-/m0/s1. The molecule has 118 valence electrons. The zero-order chi connectivity index (χ0) is 15.6. The van der Waals surface area contributed by atoms with Gasteiger partial charge in [0.25, 0.3) is 5.91 Å². The number of aliphatic hydroxyl groups is 1. The molecule has 4 rings (SSSR count). The van der Waals surface area contributed by atoms with Crippen LogP contribution < -0.4 is 5.56 Å². The monoisotopic (exact) mass is 302 g/mol. The van der Waals surface area contributed by atoms with Crippen LogP contribution in [-0.2, 0) is 0 Å². The van der Waals surface area contributed by atoms with Crippen LogP contribution in [0.15, 0.2) is 16.9 Å². The van der Waals surface area contributed by atoms with Gasteiger partial charge in [-0.2, -0.15) is 0 Å². The highest BCUT2D eigenvalue weighted by Gasteiger charge is 2.59. The number of fused-ring (bicyclic) bond motifs is 1. The smallest absolute Gasteiger partial charge is 0.254 e. The van der Waals surface area contributed by atoms with Crippen molar-refractivity contribution in [3.05, 3.63) is 33.7 Å². The van der Waals surface area contributed by atoms with E-state index < -0.39 is 0 Å². The van der Waals surface area contributed by atoms with Crippen molar-refractivity contribution >= 4 is 5.91 Å². The Morgan fingerprint density at radius 1 is 1.32 bits per heavy atom. The largest absolute Gasteiger partial charge is 0.391 e. The molecule has 5 atom stereocenters. The number of hydrogen-bond acceptors (Lipinski definition) is 3. The zero-order valence-corrected chi connectivity index (χ0v) is 13.0. The number of H-pyrrole nitrogens is 1. The number of amides is 1. The van der Waals surface area contributed by atoms with Crippen LogP contribution in [0, 0.1) is 17.8 Å². The van der Waals surface area contributed by atoms with E-state index in [-0.39, 0.29) is 29.5 Å². The highest BCUT2D eigenvalue weighted by Crippen LogP contribution is 2.55. The quantitative estimate of drug-likeness (QED) is 0.866. The van der Waals surface area contributed by atoms with Gasteiger partial charge in [0.05, 0.1) is 12.1 Å². The number of carbonyl (C=O) groups is 1. The molecule has 5 nitrogen and oxygen atoms in total. The van der Waals surface area contributed by atoms with Crippen molar-refractivity contribution in [2.75, 3.05) is 6.54 Å². The molecular formula is C17H22N2O3. The minimum Gasteiger partial charge on any atom is -0.391 e. The lowest BCUT2D eigenvalue weighted by Gasteiger charge is -2.29. The molecule has 0 unspecified atom stereocenters. The van der Waals surface area contributed by atoms with Gasteiger partial charge in [0.1, 0.15) is 0 Å². The first-order valence-electron chi connectivity index (χ1n) is 8.19. The minimum absolute atomic E-state index is 0.0435. The lowest BCUT2D eigenvalue weighted by molar-refractivity contribution is 0.0401. The number of carbonyl (C=O) groups excluding carboxylic acids is 1. The average Bonchev–Trinajstić information content (AvgIpc) is 3.07. The Bertz CT molecular complexity index is 679. The van der Waals surface area contributed by atoms with E-state index >= 15 is 0 Å². The molecule has 2 N–H and O–H groups in total. The summed E-state index contributed by atoms with van der Waals surface area (Å²) in [6.07, 6.45) is 1.70. The van der Waals surface area contributed by atoms with E-state index in [1.54, 1.807) is 6.07 Å². The third kappa shape index (κ3) is 1.88. The van der Waals surface area contributed by atoms with E-state index in [1.807, 2.05) is 18.7 Å². The normalized spacial score (nSPS) is 35.6. The molecule has 5 heteroatoms. The molecule has 1 aromatic rings. The summed E-state index contributed by atoms with van der Waals surface area (Å²) in [4.78, 5) is 29.3. The highest BCUT2D eigenvalue weighted by molar-refractivity contribution is 5.94. The van der Waals surface area contributed by atoms with E-state index in [1.165, 1.54) is 6.07 Å². The Kier molecular flexibility index (Phi) is 2.98. The molecule has 22 heavy (non-hydrogen) atoms. The van der Waals surface area contributed by atoms with Crippen molar-refractivity contribution < 1.29 is 9.90 Å². The lowest BCUT2D eigenvalue weighted by atomic mass is 9.88. The fourth-order valence-corrected chi connectivity index (χ4v) is 4.81. The van der Waals surface area contributed by atoms with Gasteiger partial charge in [0, 0.05) is 23.9 Å². The number of nitrogens with one attached hydrogen (secondary N) is 1. The van der Waals surface area contributed by atoms with Crippen molar-refractivity contribution in [3.8, 4) is 0 Å². The van der Waals surface area contributed by atoms with Gasteiger partial charge < -0.3 is 15.0 Å². The van der Waals surface area contributed by atoms with E-state index in [2.05, 4.69) is 4.98 Å². The number of rotatable bonds is 2. The molecule has 3 fully saturated rings. The first kappa shape index (κ1) is 14.0. The van der Waals surface area contributed by atoms with Crippen molar-refractivity contribution in [1.29, 1.82) is 0 Å². The third-order valence-corrected chi connectivity index (χ3v) is 5.84. The van der Waals surface area contributed by atoms with Gasteiger partial charge in [-0.1, -0.05) is 13.8 Å². The molecule has 2 heterocycles. The number of nitrogens with zero attached hydrogens (tertiary/aromatic N) is 1. The predicted molar refractivity (Wildman–Crippen MR) is 81.7 cm³/mol. The zero-order valence-electron chi connectivity index (χ0n) is 13.0. The van der Waals surface area contributed by atoms with Crippen molar-refractivity contribution in [2.24, 2.45) is 17.8 Å². The number of hydrogen-bond donors (Lipinski definition) is 2. The number of aliphatic hydroxyl groups excluding tert-OH is 1. The summed E-state index contributed by atoms with van der Waals surface area (Å²) in [7, 11) is 0. The van der Waals surface area contributed by atoms with Crippen LogP contribution in [0.5, 0.6) is 0 Å². The highest BCUT2D eigenvalue weighted by atomic mass is 16.3. The summed E-state index contributed by atoms with van der Waals surface area (Å²) in [6, 6.07) is 3.12. The number of aromatic amines is 1. The second-order valence-corrected chi connectivity index (χ2v) is 7.44. The first-order chi connectivity index (χ1) is 10.5. The molecule has 1 aromatic heterocycles. The van der Waals surface area contributed by atoms with Crippen LogP contribution in [-0.4, -0.2) is 39.6 Å². The van der Waals surface area contributed by atoms with Gasteiger partial charge in [-0.15, -0.1) is 0 Å². The van der Waals surface area contributed by atoms with Crippen LogP contribution in [0.2, 0.25) is 0 Å². The molecule has 0 spiro atoms. The van der Waals surface area contributed by atoms with Gasteiger partial charge in [0.2, 0.25) is 5.56 Å². The van der Waals surface area contributed by atoms with Gasteiger partial charge >= 0.3 is 0 Å². The number of pyridine rings is 1. The van der Waals surface area contributed by atoms with Gasteiger partial charge in [-0.25, -0.2) is 0 Å². The maximum Gasteiger partial charge on any atom is 0.254 e. The maximum atomic E-state index is 12.9. The fraction of sp³-hybridized carbons (Fsp3) is 0.647. The molecule has 3 aliphatic rings. The maximum absolute atomic E-state index is 12.9. The van der Waals surface area contributed by atoms with Gasteiger partial charge in [-0.05, 0) is 42.6 Å². The molecule has 2 aliphatic carbocycles. The first-order valence-corrected chi connectivity index (χ1v) is 8.19. The summed E-state index contributed by atoms with van der Waals surface area (Å²) in [5.41, 5.74) is 0.994. The van der Waals surface area contributed by atoms with Crippen LogP contribution in [0.3, 0.4) is 0 Å². The summed E-state index contributed by atoms with van der Waals surface area (Å²) in [5, 5.41) is 10.4. The summed E-state index contributed by atoms with van der Waals surface area (Å²) >= 11 is 0. The molecule has 1 saturated heterocycles. The molecule has 1 amide bonds. The Labute approximate surface area is 129 Å². The lowest BCUT2D eigenvalue weighted by Crippen LogP contribution is -2.44. The second-order valence-electron chi connectivity index (χ2n) is 7.44. The summed E-state index contributed by atoms with van der Waals surface area (Å²) in [5.74, 6) is 1.41. The fourth-order valence-electron chi connectivity index (χ4n) is 4.81. The molecular weight excluding hydrogens is 280 g/mol. The van der Waals surface area contributed by atoms with Crippen LogP contribution in [0.25, 0.3) is 0 Å². The average molecular weight is 302 g/mol. The van der Waals surface area contributed by atoms with Gasteiger partial charge in [-0.3, -0.25) is 9.59 Å². The van der Waals surface area contributed by atoms with E-state index in [4.69, 9.17) is 0 Å². The van der Waals surface area contributed by atoms with Crippen LogP contribution >= 0.6 is 0 Å². The Morgan fingerprint density at radius 2 is 2.09 bits per heavy atom. The SMILES string of the molecule is CC(C)c1cc(C(=O)N2C[C@@H]3C[C@H]4C[C@H]3[C@H]2[C@H]4O)cc(=O)[nH]1. The van der Waals surface area contributed by atoms with Crippen molar-refractivity contribution in [2.45, 2.75) is 44.8 Å². The van der Waals surface area contributed by atoms with Crippen LogP contribution in [0.1, 0.15) is 48.7 Å². The summed E-state index contributed by atoms with van der Waals surface area (Å²) in [6.45, 7) is 4.70. The third-order valence-electron chi connectivity index (χ3n) is 5.84. The summed E-state index contributed by atoms with van der Waals surface area (Å²) < 4.78 is 0. The molecule has 0 radical (unpaired) electrons. The van der Waals surface area contributed by atoms with Crippen molar-refractivity contribution in [1.82, 2.24) is 9.88 Å². The minimum atomic E-state index is -0.390. The predicted octanol–water partition coefficient (Wildman–Crippen LogP) is 1.34. The molecule has 2 bridgehead atoms. The number of aromatic nitrogens is 1. The Hall–Kier alpha value is -1.62. The molecule has 1 aliphatic heterocycles. The number of likely N-dealkylation sites (tertiary alicyclic amines) is 1. The molecule has 0 aromatic carbocycles. The van der Waals surface area contributed by atoms with Crippen molar-refractivity contribution in [3.63, 3.8) is 0 Å². The Morgan fingerprint density at radius 3 is 2.77 bits per heavy atom. The van der Waals surface area contributed by atoms with E-state index in [0.717, 1.165) is 25.1 Å². The molecule has 2 saturated carbocycles.